The fourth-order valence-corrected chi connectivity index (χ4v) is 1.95. The normalized spacial score (nSPS) is 21.2. The minimum Gasteiger partial charge on any atom is -0.388 e. The third-order valence-electron chi connectivity index (χ3n) is 2.81. The van der Waals surface area contributed by atoms with E-state index in [1.807, 2.05) is 6.08 Å². The van der Waals surface area contributed by atoms with Crippen LogP contribution in [0, 0.1) is 6.92 Å². The maximum Gasteiger partial charge on any atom is 0.0848 e. The molecule has 0 spiro atoms. The molecule has 2 nitrogen and oxygen atoms in total. The van der Waals surface area contributed by atoms with Crippen LogP contribution in [-0.4, -0.2) is 24.3 Å². The third-order valence-corrected chi connectivity index (χ3v) is 2.81. The molecule has 0 aliphatic carbocycles. The van der Waals surface area contributed by atoms with E-state index in [1.165, 1.54) is 16.7 Å². The maximum absolute atomic E-state index is 9.49. The molecule has 1 aliphatic heterocycles. The first-order valence-electron chi connectivity index (χ1n) is 5.38. The van der Waals surface area contributed by atoms with Crippen molar-refractivity contribution < 1.29 is 5.11 Å². The molecule has 0 saturated heterocycles. The summed E-state index contributed by atoms with van der Waals surface area (Å²) in [6, 6.07) is 8.40. The van der Waals surface area contributed by atoms with Gasteiger partial charge in [-0.1, -0.05) is 35.9 Å². The summed E-state index contributed by atoms with van der Waals surface area (Å²) in [5.41, 5.74) is 3.95. The Morgan fingerprint density at radius 1 is 1.40 bits per heavy atom. The summed E-state index contributed by atoms with van der Waals surface area (Å²) < 4.78 is 0. The summed E-state index contributed by atoms with van der Waals surface area (Å²) in [6.45, 7) is 3.70. The van der Waals surface area contributed by atoms with Crippen LogP contribution < -0.4 is 5.32 Å². The average Bonchev–Trinajstić information content (AvgIpc) is 2.22. The number of hydrogen-bond donors (Lipinski definition) is 2. The molecule has 1 aliphatic rings. The monoisotopic (exact) mass is 203 g/mol. The molecule has 1 unspecified atom stereocenters. The molecule has 15 heavy (non-hydrogen) atoms. The standard InChI is InChI=1S/C13H17NO/c1-10-4-2-3-5-12(10)6-11-7-13(15)9-14-8-11/h2-5,7,13-15H,6,8-9H2,1H3. The molecule has 0 aromatic heterocycles. The molecular weight excluding hydrogens is 186 g/mol. The highest BCUT2D eigenvalue weighted by molar-refractivity contribution is 5.31. The van der Waals surface area contributed by atoms with E-state index >= 15 is 0 Å². The first kappa shape index (κ1) is 10.4. The number of nitrogens with one attached hydrogen (secondary N) is 1. The minimum atomic E-state index is -0.322. The molecule has 0 amide bonds. The Morgan fingerprint density at radius 3 is 2.93 bits per heavy atom. The number of rotatable bonds is 2. The molecule has 0 bridgehead atoms. The van der Waals surface area contributed by atoms with Crippen molar-refractivity contribution >= 4 is 0 Å². The van der Waals surface area contributed by atoms with Crippen molar-refractivity contribution in [3.8, 4) is 0 Å². The smallest absolute Gasteiger partial charge is 0.0848 e. The van der Waals surface area contributed by atoms with E-state index in [2.05, 4.69) is 36.5 Å². The Hall–Kier alpha value is -1.12. The van der Waals surface area contributed by atoms with Gasteiger partial charge in [-0.25, -0.2) is 0 Å². The Morgan fingerprint density at radius 2 is 2.20 bits per heavy atom. The number of aryl methyl sites for hydroxylation is 1. The van der Waals surface area contributed by atoms with Gasteiger partial charge in [0.2, 0.25) is 0 Å². The van der Waals surface area contributed by atoms with Crippen LogP contribution in [0.4, 0.5) is 0 Å². The van der Waals surface area contributed by atoms with Gasteiger partial charge in [0, 0.05) is 13.1 Å². The Balaban J connectivity index is 2.12. The SMILES string of the molecule is Cc1ccccc1CC1=CC(O)CNC1. The molecule has 1 aromatic rings. The summed E-state index contributed by atoms with van der Waals surface area (Å²) in [4.78, 5) is 0. The molecule has 0 radical (unpaired) electrons. The Kier molecular flexibility index (Phi) is 3.19. The largest absolute Gasteiger partial charge is 0.388 e. The third kappa shape index (κ3) is 2.67. The van der Waals surface area contributed by atoms with Crippen LogP contribution in [0.2, 0.25) is 0 Å². The fourth-order valence-electron chi connectivity index (χ4n) is 1.95. The van der Waals surface area contributed by atoms with Crippen molar-refractivity contribution in [3.63, 3.8) is 0 Å². The lowest BCUT2D eigenvalue weighted by Crippen LogP contribution is -2.32. The molecule has 2 rings (SSSR count). The van der Waals surface area contributed by atoms with E-state index in [9.17, 15) is 5.11 Å². The van der Waals surface area contributed by atoms with Gasteiger partial charge in [0.25, 0.3) is 0 Å². The van der Waals surface area contributed by atoms with Gasteiger partial charge in [-0.15, -0.1) is 0 Å². The highest BCUT2D eigenvalue weighted by Crippen LogP contribution is 2.14. The van der Waals surface area contributed by atoms with Crippen LogP contribution in [0.3, 0.4) is 0 Å². The van der Waals surface area contributed by atoms with Gasteiger partial charge in [0.1, 0.15) is 0 Å². The van der Waals surface area contributed by atoms with Crippen molar-refractivity contribution in [1.29, 1.82) is 0 Å². The van der Waals surface area contributed by atoms with Gasteiger partial charge >= 0.3 is 0 Å². The molecule has 0 fully saturated rings. The molecule has 1 heterocycles. The Labute approximate surface area is 90.6 Å². The zero-order valence-electron chi connectivity index (χ0n) is 9.03. The fraction of sp³-hybridized carbons (Fsp3) is 0.385. The number of aliphatic hydroxyl groups is 1. The lowest BCUT2D eigenvalue weighted by molar-refractivity contribution is 0.213. The Bertz CT molecular complexity index is 371. The summed E-state index contributed by atoms with van der Waals surface area (Å²) in [7, 11) is 0. The van der Waals surface area contributed by atoms with Crippen LogP contribution >= 0.6 is 0 Å². The van der Waals surface area contributed by atoms with Gasteiger partial charge in [-0.2, -0.15) is 0 Å². The van der Waals surface area contributed by atoms with E-state index in [4.69, 9.17) is 0 Å². The van der Waals surface area contributed by atoms with Crippen LogP contribution in [0.5, 0.6) is 0 Å². The summed E-state index contributed by atoms with van der Waals surface area (Å²) in [5, 5.41) is 12.7. The molecule has 80 valence electrons. The van der Waals surface area contributed by atoms with Gasteiger partial charge < -0.3 is 10.4 Å². The van der Waals surface area contributed by atoms with Crippen LogP contribution in [0.25, 0.3) is 0 Å². The summed E-state index contributed by atoms with van der Waals surface area (Å²) in [5.74, 6) is 0. The van der Waals surface area contributed by atoms with Gasteiger partial charge in [-0.05, 0) is 24.5 Å². The highest BCUT2D eigenvalue weighted by atomic mass is 16.3. The number of hydrogen-bond acceptors (Lipinski definition) is 2. The van der Waals surface area contributed by atoms with E-state index in [-0.39, 0.29) is 6.10 Å². The molecule has 2 N–H and O–H groups in total. The predicted octanol–water partition coefficient (Wildman–Crippen LogP) is 1.43. The van der Waals surface area contributed by atoms with Crippen molar-refractivity contribution in [2.45, 2.75) is 19.4 Å². The number of aliphatic hydroxyl groups excluding tert-OH is 1. The first-order valence-corrected chi connectivity index (χ1v) is 5.38. The highest BCUT2D eigenvalue weighted by Gasteiger charge is 2.10. The van der Waals surface area contributed by atoms with Crippen LogP contribution in [0.1, 0.15) is 11.1 Å². The van der Waals surface area contributed by atoms with E-state index in [1.54, 1.807) is 0 Å². The van der Waals surface area contributed by atoms with E-state index in [0.717, 1.165) is 13.0 Å². The van der Waals surface area contributed by atoms with Crippen molar-refractivity contribution in [2.24, 2.45) is 0 Å². The zero-order chi connectivity index (χ0) is 10.7. The second-order valence-electron chi connectivity index (χ2n) is 4.13. The molecule has 1 aromatic carbocycles. The van der Waals surface area contributed by atoms with Crippen molar-refractivity contribution in [2.75, 3.05) is 13.1 Å². The van der Waals surface area contributed by atoms with Crippen molar-refractivity contribution in [1.82, 2.24) is 5.32 Å². The number of β-amino-alcohol motifs (C(OH)–C–C–N with tert-alkyl or cyclic N) is 1. The topological polar surface area (TPSA) is 32.3 Å². The van der Waals surface area contributed by atoms with Crippen molar-refractivity contribution in [3.05, 3.63) is 47.0 Å². The molecular formula is C13H17NO. The summed E-state index contributed by atoms with van der Waals surface area (Å²) >= 11 is 0. The minimum absolute atomic E-state index is 0.322. The average molecular weight is 203 g/mol. The van der Waals surface area contributed by atoms with E-state index in [0.29, 0.717) is 6.54 Å². The lowest BCUT2D eigenvalue weighted by atomic mass is 9.98. The quantitative estimate of drug-likeness (QED) is 0.713. The molecule has 0 saturated carbocycles. The second-order valence-corrected chi connectivity index (χ2v) is 4.13. The number of benzene rings is 1. The van der Waals surface area contributed by atoms with Crippen LogP contribution in [0.15, 0.2) is 35.9 Å². The predicted molar refractivity (Wildman–Crippen MR) is 61.8 cm³/mol. The first-order chi connectivity index (χ1) is 7.25. The van der Waals surface area contributed by atoms with Gasteiger partial charge in [-0.3, -0.25) is 0 Å². The second kappa shape index (κ2) is 4.60. The summed E-state index contributed by atoms with van der Waals surface area (Å²) in [6.07, 6.45) is 2.59. The molecule has 1 atom stereocenters. The van der Waals surface area contributed by atoms with Gasteiger partial charge in [0.15, 0.2) is 0 Å². The van der Waals surface area contributed by atoms with Gasteiger partial charge in [0.05, 0.1) is 6.10 Å². The maximum atomic E-state index is 9.49. The lowest BCUT2D eigenvalue weighted by Gasteiger charge is -2.19. The van der Waals surface area contributed by atoms with E-state index < -0.39 is 0 Å². The zero-order valence-corrected chi connectivity index (χ0v) is 9.03. The molecule has 2 heteroatoms. The van der Waals surface area contributed by atoms with Crippen LogP contribution in [-0.2, 0) is 6.42 Å².